The van der Waals surface area contributed by atoms with E-state index in [1.807, 2.05) is 0 Å². The Kier molecular flexibility index (Phi) is 17.4. The zero-order chi connectivity index (χ0) is 49.5. The Morgan fingerprint density at radius 2 is 1.24 bits per heavy atom. The van der Waals surface area contributed by atoms with Crippen LogP contribution in [-0.2, 0) is 20.8 Å². The van der Waals surface area contributed by atoms with Crippen LogP contribution < -0.4 is 45.0 Å². The molecule has 3 amide bonds. The number of anilines is 2. The average molecular weight is 947 g/mol. The summed E-state index contributed by atoms with van der Waals surface area (Å²) in [5.41, 5.74) is 36.5. The first-order valence-corrected chi connectivity index (χ1v) is 21.3. The molecule has 1 heterocycles. The summed E-state index contributed by atoms with van der Waals surface area (Å²) in [7, 11) is 0. The minimum absolute atomic E-state index is 0.0207. The van der Waals surface area contributed by atoms with Gasteiger partial charge >= 0.3 is 5.97 Å². The molecule has 0 aliphatic heterocycles. The van der Waals surface area contributed by atoms with Crippen molar-refractivity contribution in [3.8, 4) is 22.9 Å². The van der Waals surface area contributed by atoms with Crippen LogP contribution >= 0.6 is 11.6 Å². The second-order valence-electron chi connectivity index (χ2n) is 15.3. The van der Waals surface area contributed by atoms with Crippen LogP contribution in [0.1, 0.15) is 63.6 Å². The van der Waals surface area contributed by atoms with E-state index in [2.05, 4.69) is 25.6 Å². The number of aliphatic imine (C=N–C) groups is 2. The van der Waals surface area contributed by atoms with E-state index in [-0.39, 0.29) is 47.1 Å². The van der Waals surface area contributed by atoms with Gasteiger partial charge in [0.05, 0.1) is 34.4 Å². The van der Waals surface area contributed by atoms with Gasteiger partial charge in [-0.3, -0.25) is 29.2 Å². The number of primary amides is 2. The number of benzene rings is 5. The standard InChI is InChI=1S/C27H29ClN6O4.C20H22N6O4/c28-19-8-5-17(6-9-19)25(37)18-7-12-21(33-22(26(29)38)2-1-13-32-27(30)31)23(15-18)34-24(36)14-16-3-10-20(35)11-4-16;21-17(28)16(2-1-9-24-20(22)23)26-15-8-5-12(19(29)30)10-14(15)25-18(26)11-3-6-13(27)7-4-11/h3-12,15,22,33,35H,1-2,13-14H2,(H2,29,38)(H,34,36)(H4,30,31,32);3-8,10,16,27H,1-2,9H2,(H2,21,28)(H,29,30)(H4,22,23,24). The summed E-state index contributed by atoms with van der Waals surface area (Å²) >= 11 is 5.94. The van der Waals surface area contributed by atoms with Crippen LogP contribution in [0.3, 0.4) is 0 Å². The fourth-order valence-electron chi connectivity index (χ4n) is 6.91. The number of fused-ring (bicyclic) bond motifs is 1. The van der Waals surface area contributed by atoms with Crippen molar-refractivity contribution in [1.29, 1.82) is 0 Å². The Morgan fingerprint density at radius 1 is 0.662 bits per heavy atom. The van der Waals surface area contributed by atoms with E-state index in [1.54, 1.807) is 71.3 Å². The molecule has 0 saturated carbocycles. The van der Waals surface area contributed by atoms with E-state index in [9.17, 15) is 39.3 Å². The van der Waals surface area contributed by atoms with E-state index in [0.29, 0.717) is 94.3 Å². The first-order chi connectivity index (χ1) is 32.4. The van der Waals surface area contributed by atoms with E-state index < -0.39 is 29.9 Å². The molecule has 0 bridgehead atoms. The van der Waals surface area contributed by atoms with Crippen molar-refractivity contribution < 1.29 is 39.3 Å². The number of carboxylic acids is 1. The van der Waals surface area contributed by atoms with E-state index in [0.717, 1.165) is 0 Å². The third-order valence-electron chi connectivity index (χ3n) is 10.2. The van der Waals surface area contributed by atoms with Crippen molar-refractivity contribution in [3.05, 3.63) is 136 Å². The van der Waals surface area contributed by atoms with Gasteiger partial charge < -0.3 is 64.9 Å². The van der Waals surface area contributed by atoms with Gasteiger partial charge in [-0.25, -0.2) is 9.78 Å². The van der Waals surface area contributed by atoms with Gasteiger partial charge in [0.25, 0.3) is 0 Å². The zero-order valence-corrected chi connectivity index (χ0v) is 37.3. The van der Waals surface area contributed by atoms with Gasteiger partial charge in [-0.2, -0.15) is 0 Å². The van der Waals surface area contributed by atoms with Gasteiger partial charge in [0.15, 0.2) is 17.7 Å². The number of phenols is 2. The number of guanidine groups is 2. The van der Waals surface area contributed by atoms with Crippen molar-refractivity contribution in [2.75, 3.05) is 23.7 Å². The molecule has 0 spiro atoms. The quantitative estimate of drug-likeness (QED) is 0.0223. The molecule has 0 aliphatic rings. The van der Waals surface area contributed by atoms with Crippen LogP contribution in [0.4, 0.5) is 11.4 Å². The molecule has 2 unspecified atom stereocenters. The number of halogens is 1. The fraction of sp³-hybridized carbons (Fsp3) is 0.191. The topological polar surface area (TPSA) is 369 Å². The minimum Gasteiger partial charge on any atom is -0.508 e. The maximum absolute atomic E-state index is 13.1. The molecule has 0 saturated heterocycles. The van der Waals surface area contributed by atoms with Gasteiger partial charge in [0.1, 0.15) is 29.4 Å². The number of phenolic OH excluding ortho intramolecular Hbond substituents is 2. The number of carbonyl (C=O) groups is 5. The largest absolute Gasteiger partial charge is 0.508 e. The molecule has 21 heteroatoms. The number of rotatable bonds is 20. The first kappa shape index (κ1) is 50.4. The van der Waals surface area contributed by atoms with Crippen LogP contribution in [0.5, 0.6) is 11.5 Å². The SMILES string of the molecule is NC(=O)C(CCCN=C(N)N)Nc1ccc(C(=O)c2ccc(Cl)cc2)cc1NC(=O)Cc1ccc(O)cc1.NC(=O)C(CCCN=C(N)N)n1c(-c2ccc(O)cc2)nc2cc(C(=O)O)ccc21. The third kappa shape index (κ3) is 14.2. The number of nitrogens with two attached hydrogens (primary N) is 6. The molecule has 6 rings (SSSR count). The highest BCUT2D eigenvalue weighted by Gasteiger charge is 2.25. The second-order valence-corrected chi connectivity index (χ2v) is 15.7. The van der Waals surface area contributed by atoms with E-state index >= 15 is 0 Å². The Morgan fingerprint density at radius 3 is 1.81 bits per heavy atom. The van der Waals surface area contributed by atoms with Crippen molar-refractivity contribution in [2.45, 2.75) is 44.2 Å². The van der Waals surface area contributed by atoms with Gasteiger partial charge in [-0.05, 0) is 128 Å². The summed E-state index contributed by atoms with van der Waals surface area (Å²) in [6.45, 7) is 0.648. The van der Waals surface area contributed by atoms with E-state index in [1.165, 1.54) is 42.5 Å². The fourth-order valence-corrected chi connectivity index (χ4v) is 7.03. The molecule has 0 radical (unpaired) electrons. The Bertz CT molecular complexity index is 2820. The number of ketones is 1. The summed E-state index contributed by atoms with van der Waals surface area (Å²) < 4.78 is 1.69. The average Bonchev–Trinajstić information content (AvgIpc) is 3.67. The number of imidazole rings is 1. The van der Waals surface area contributed by atoms with Gasteiger partial charge in [-0.15, -0.1) is 0 Å². The lowest BCUT2D eigenvalue weighted by atomic mass is 10.0. The number of nitrogens with one attached hydrogen (secondary N) is 2. The number of carbonyl (C=O) groups excluding carboxylic acids is 4. The molecular formula is C47H51ClN12O8. The van der Waals surface area contributed by atoms with E-state index in [4.69, 9.17) is 46.0 Å². The Labute approximate surface area is 394 Å². The van der Waals surface area contributed by atoms with Crippen LogP contribution in [0.25, 0.3) is 22.4 Å². The molecule has 0 aliphatic carbocycles. The second kappa shape index (κ2) is 23.5. The molecule has 5 aromatic carbocycles. The maximum Gasteiger partial charge on any atom is 0.335 e. The Hall–Kier alpha value is -8.65. The lowest BCUT2D eigenvalue weighted by Gasteiger charge is -2.20. The Balaban J connectivity index is 0.000000261. The molecule has 68 heavy (non-hydrogen) atoms. The van der Waals surface area contributed by atoms with Gasteiger partial charge in [0.2, 0.25) is 17.7 Å². The maximum atomic E-state index is 13.1. The van der Waals surface area contributed by atoms with Crippen LogP contribution in [-0.4, -0.2) is 85.4 Å². The number of nitrogens with zero attached hydrogens (tertiary/aromatic N) is 4. The number of aromatic carboxylic acids is 1. The van der Waals surface area contributed by atoms with Crippen LogP contribution in [0.2, 0.25) is 5.02 Å². The highest BCUT2D eigenvalue weighted by Crippen LogP contribution is 2.32. The molecule has 0 fully saturated rings. The van der Waals surface area contributed by atoms with Gasteiger partial charge in [-0.1, -0.05) is 23.7 Å². The van der Waals surface area contributed by atoms with Crippen LogP contribution in [0.15, 0.2) is 119 Å². The molecular weight excluding hydrogens is 896 g/mol. The minimum atomic E-state index is -1.08. The van der Waals surface area contributed by atoms with Gasteiger partial charge in [0, 0.05) is 34.8 Å². The monoisotopic (exact) mass is 946 g/mol. The summed E-state index contributed by atoms with van der Waals surface area (Å²) in [6, 6.07) is 26.7. The molecule has 354 valence electrons. The number of aromatic nitrogens is 2. The first-order valence-electron chi connectivity index (χ1n) is 20.9. The van der Waals surface area contributed by atoms with Crippen LogP contribution in [0, 0.1) is 0 Å². The summed E-state index contributed by atoms with van der Waals surface area (Å²) in [5.74, 6) is -2.37. The molecule has 2 atom stereocenters. The summed E-state index contributed by atoms with van der Waals surface area (Å²) in [5, 5.41) is 34.7. The highest BCUT2D eigenvalue weighted by atomic mass is 35.5. The smallest absolute Gasteiger partial charge is 0.335 e. The normalized spacial score (nSPS) is 11.5. The lowest BCUT2D eigenvalue weighted by Crippen LogP contribution is -2.36. The molecule has 1 aromatic heterocycles. The molecule has 6 aromatic rings. The number of hydrogen-bond donors (Lipinski definition) is 11. The van der Waals surface area contributed by atoms with Crippen molar-refractivity contribution in [1.82, 2.24) is 9.55 Å². The predicted octanol–water partition coefficient (Wildman–Crippen LogP) is 3.96. The third-order valence-corrected chi connectivity index (χ3v) is 10.5. The molecule has 20 nitrogen and oxygen atoms in total. The van der Waals surface area contributed by atoms with Crippen molar-refractivity contribution >= 4 is 75.4 Å². The van der Waals surface area contributed by atoms with Crippen molar-refractivity contribution in [2.24, 2.45) is 44.4 Å². The zero-order valence-electron chi connectivity index (χ0n) is 36.5. The summed E-state index contributed by atoms with van der Waals surface area (Å²) in [4.78, 5) is 74.1. The number of carboxylic acid groups (broad SMARTS) is 1. The van der Waals surface area contributed by atoms with Crippen molar-refractivity contribution in [3.63, 3.8) is 0 Å². The number of aromatic hydroxyl groups is 2. The summed E-state index contributed by atoms with van der Waals surface area (Å²) in [6.07, 6.45) is 1.68. The highest BCUT2D eigenvalue weighted by molar-refractivity contribution is 6.30. The predicted molar refractivity (Wildman–Crippen MR) is 260 cm³/mol. The number of hydrogen-bond acceptors (Lipinski definition) is 11. The number of amides is 3. The molecule has 17 N–H and O–H groups in total. The lowest BCUT2D eigenvalue weighted by molar-refractivity contribution is -0.121.